The van der Waals surface area contributed by atoms with Gasteiger partial charge in [-0.15, -0.1) is 11.3 Å². The van der Waals surface area contributed by atoms with Crippen LogP contribution in [0.1, 0.15) is 32.2 Å². The lowest BCUT2D eigenvalue weighted by Gasteiger charge is -2.03. The molecule has 1 aliphatic heterocycles. The number of ether oxygens (including phenoxy) is 2. The van der Waals surface area contributed by atoms with E-state index in [1.54, 1.807) is 12.1 Å². The van der Waals surface area contributed by atoms with Crippen LogP contribution < -0.4 is 0 Å². The molecule has 0 N–H and O–H groups in total. The summed E-state index contributed by atoms with van der Waals surface area (Å²) in [7, 11) is 0. The van der Waals surface area contributed by atoms with Crippen LogP contribution in [0.4, 0.5) is 0 Å². The second-order valence-corrected chi connectivity index (χ2v) is 4.23. The summed E-state index contributed by atoms with van der Waals surface area (Å²) in [6.45, 7) is 0.757. The Morgan fingerprint density at radius 3 is 1.87 bits per heavy atom. The summed E-state index contributed by atoms with van der Waals surface area (Å²) in [4.78, 5) is 23.7. The summed E-state index contributed by atoms with van der Waals surface area (Å²) < 4.78 is 10.0. The molecule has 0 saturated heterocycles. The van der Waals surface area contributed by atoms with Crippen LogP contribution in [0, 0.1) is 0 Å². The number of carbonyl (C=O) groups is 2. The van der Waals surface area contributed by atoms with Crippen LogP contribution in [0.25, 0.3) is 0 Å². The predicted octanol–water partition coefficient (Wildman–Crippen LogP) is 1.86. The molecule has 0 unspecified atom stereocenters. The number of hydrogen-bond acceptors (Lipinski definition) is 5. The van der Waals surface area contributed by atoms with Crippen LogP contribution in [-0.2, 0) is 9.47 Å². The van der Waals surface area contributed by atoms with Crippen LogP contribution in [0.15, 0.2) is 12.1 Å². The van der Waals surface area contributed by atoms with Gasteiger partial charge in [0, 0.05) is 0 Å². The fourth-order valence-corrected chi connectivity index (χ4v) is 2.03. The second kappa shape index (κ2) is 4.44. The van der Waals surface area contributed by atoms with Crippen molar-refractivity contribution < 1.29 is 19.1 Å². The van der Waals surface area contributed by atoms with Crippen LogP contribution in [0.2, 0.25) is 0 Å². The molecule has 0 spiro atoms. The zero-order valence-electron chi connectivity index (χ0n) is 8.02. The average molecular weight is 226 g/mol. The molecule has 0 radical (unpaired) electrons. The van der Waals surface area contributed by atoms with Gasteiger partial charge in [-0.2, -0.15) is 0 Å². The first-order valence-electron chi connectivity index (χ1n) is 4.71. The molecule has 80 valence electrons. The van der Waals surface area contributed by atoms with E-state index in [0.29, 0.717) is 23.0 Å². The van der Waals surface area contributed by atoms with Crippen molar-refractivity contribution in [3.63, 3.8) is 0 Å². The first kappa shape index (κ1) is 10.2. The number of esters is 2. The van der Waals surface area contributed by atoms with Crippen molar-refractivity contribution in [2.24, 2.45) is 0 Å². The number of carbonyl (C=O) groups excluding carboxylic acids is 2. The van der Waals surface area contributed by atoms with Gasteiger partial charge in [-0.05, 0) is 25.0 Å². The van der Waals surface area contributed by atoms with Gasteiger partial charge < -0.3 is 9.47 Å². The van der Waals surface area contributed by atoms with Crippen LogP contribution in [0.5, 0.6) is 0 Å². The van der Waals surface area contributed by atoms with Gasteiger partial charge in [0.15, 0.2) is 0 Å². The third kappa shape index (κ3) is 2.36. The predicted molar refractivity (Wildman–Crippen MR) is 54.1 cm³/mol. The molecular formula is C10H10O4S. The highest BCUT2D eigenvalue weighted by Gasteiger charge is 2.16. The maximum atomic E-state index is 11.4. The van der Waals surface area contributed by atoms with Gasteiger partial charge in [0.1, 0.15) is 9.75 Å². The minimum Gasteiger partial charge on any atom is -0.462 e. The summed E-state index contributed by atoms with van der Waals surface area (Å²) >= 11 is 1.11. The standard InChI is InChI=1S/C10H10O4S/c11-9-7-3-4-8(15-7)10(12)14-6-2-1-5-13-9/h3-4H,1-2,5-6H2. The number of fused-ring (bicyclic) bond motifs is 2. The summed E-state index contributed by atoms with van der Waals surface area (Å²) in [5.41, 5.74) is 0. The summed E-state index contributed by atoms with van der Waals surface area (Å²) in [5, 5.41) is 0. The van der Waals surface area contributed by atoms with E-state index in [0.717, 1.165) is 24.2 Å². The lowest BCUT2D eigenvalue weighted by atomic mass is 10.3. The normalized spacial score (nSPS) is 17.6. The Morgan fingerprint density at radius 1 is 0.933 bits per heavy atom. The van der Waals surface area contributed by atoms with Crippen molar-refractivity contribution in [2.75, 3.05) is 13.2 Å². The minimum absolute atomic E-state index is 0.360. The van der Waals surface area contributed by atoms with Crippen LogP contribution in [-0.4, -0.2) is 25.2 Å². The number of rotatable bonds is 0. The van der Waals surface area contributed by atoms with E-state index in [-0.39, 0.29) is 11.9 Å². The van der Waals surface area contributed by atoms with Gasteiger partial charge in [0.2, 0.25) is 0 Å². The molecule has 0 saturated carbocycles. The molecular weight excluding hydrogens is 216 g/mol. The average Bonchev–Trinajstić information content (AvgIpc) is 2.69. The highest BCUT2D eigenvalue weighted by atomic mass is 32.1. The highest BCUT2D eigenvalue weighted by molar-refractivity contribution is 7.15. The van der Waals surface area contributed by atoms with Crippen molar-refractivity contribution in [3.05, 3.63) is 21.9 Å². The summed E-state index contributed by atoms with van der Waals surface area (Å²) in [6.07, 6.45) is 1.44. The van der Waals surface area contributed by atoms with E-state index in [4.69, 9.17) is 9.47 Å². The van der Waals surface area contributed by atoms with Crippen molar-refractivity contribution >= 4 is 23.3 Å². The lowest BCUT2D eigenvalue weighted by Crippen LogP contribution is -2.06. The SMILES string of the molecule is O=C1OCCCCOC(=O)c2ccc1s2. The van der Waals surface area contributed by atoms with Crippen molar-refractivity contribution in [3.8, 4) is 0 Å². The topological polar surface area (TPSA) is 52.6 Å². The molecule has 2 rings (SSSR count). The monoisotopic (exact) mass is 226 g/mol. The molecule has 2 bridgehead atoms. The van der Waals surface area contributed by atoms with E-state index < -0.39 is 0 Å². The molecule has 0 aliphatic carbocycles. The molecule has 1 aromatic rings. The Labute approximate surface area is 90.8 Å². The Kier molecular flexibility index (Phi) is 3.01. The fraction of sp³-hybridized carbons (Fsp3) is 0.400. The molecule has 0 fully saturated rings. The van der Waals surface area contributed by atoms with Crippen molar-refractivity contribution in [2.45, 2.75) is 12.8 Å². The van der Waals surface area contributed by atoms with E-state index in [1.807, 2.05) is 0 Å². The summed E-state index contributed by atoms with van der Waals surface area (Å²) in [5.74, 6) is -0.720. The third-order valence-electron chi connectivity index (χ3n) is 2.01. The Balaban J connectivity index is 2.22. The largest absolute Gasteiger partial charge is 0.462 e. The first-order valence-corrected chi connectivity index (χ1v) is 5.53. The van der Waals surface area contributed by atoms with Gasteiger partial charge in [-0.3, -0.25) is 0 Å². The molecule has 1 aromatic heterocycles. The first-order chi connectivity index (χ1) is 7.27. The van der Waals surface area contributed by atoms with Crippen molar-refractivity contribution in [1.82, 2.24) is 0 Å². The fourth-order valence-electron chi connectivity index (χ4n) is 1.23. The van der Waals surface area contributed by atoms with Crippen LogP contribution >= 0.6 is 11.3 Å². The van der Waals surface area contributed by atoms with E-state index in [1.165, 1.54) is 0 Å². The second-order valence-electron chi connectivity index (χ2n) is 3.14. The highest BCUT2D eigenvalue weighted by Crippen LogP contribution is 2.19. The zero-order chi connectivity index (χ0) is 10.7. The van der Waals surface area contributed by atoms with Gasteiger partial charge >= 0.3 is 11.9 Å². The molecule has 5 heteroatoms. The maximum Gasteiger partial charge on any atom is 0.348 e. The molecule has 2 heterocycles. The molecule has 15 heavy (non-hydrogen) atoms. The van der Waals surface area contributed by atoms with Gasteiger partial charge in [-0.25, -0.2) is 9.59 Å². The number of cyclic esters (lactones) is 2. The van der Waals surface area contributed by atoms with Gasteiger partial charge in [-0.1, -0.05) is 0 Å². The quantitative estimate of drug-likeness (QED) is 0.633. The van der Waals surface area contributed by atoms with Crippen molar-refractivity contribution in [1.29, 1.82) is 0 Å². The number of hydrogen-bond donors (Lipinski definition) is 0. The van der Waals surface area contributed by atoms with E-state index >= 15 is 0 Å². The molecule has 1 aliphatic rings. The number of thiophene rings is 1. The van der Waals surface area contributed by atoms with E-state index in [2.05, 4.69) is 0 Å². The molecule has 0 aromatic carbocycles. The Morgan fingerprint density at radius 2 is 1.40 bits per heavy atom. The van der Waals surface area contributed by atoms with Gasteiger partial charge in [0.25, 0.3) is 0 Å². The minimum atomic E-state index is -0.360. The van der Waals surface area contributed by atoms with E-state index in [9.17, 15) is 9.59 Å². The third-order valence-corrected chi connectivity index (χ3v) is 3.06. The Hall–Kier alpha value is -1.36. The molecule has 4 nitrogen and oxygen atoms in total. The maximum absolute atomic E-state index is 11.4. The molecule has 0 atom stereocenters. The molecule has 0 amide bonds. The smallest absolute Gasteiger partial charge is 0.348 e. The zero-order valence-corrected chi connectivity index (χ0v) is 8.84. The Bertz CT molecular complexity index is 348. The van der Waals surface area contributed by atoms with Gasteiger partial charge in [0.05, 0.1) is 13.2 Å². The lowest BCUT2D eigenvalue weighted by molar-refractivity contribution is 0.0440. The van der Waals surface area contributed by atoms with Crippen LogP contribution in [0.3, 0.4) is 0 Å². The summed E-state index contributed by atoms with van der Waals surface area (Å²) in [6, 6.07) is 3.18.